The lowest BCUT2D eigenvalue weighted by Crippen LogP contribution is -2.29. The molecule has 1 amide bonds. The van der Waals surface area contributed by atoms with E-state index in [0.717, 1.165) is 16.7 Å². The normalized spacial score (nSPS) is 11.0. The van der Waals surface area contributed by atoms with Gasteiger partial charge in [-0.1, -0.05) is 0 Å². The summed E-state index contributed by atoms with van der Waals surface area (Å²) >= 11 is 1.28. The maximum absolute atomic E-state index is 11.4. The second-order valence-electron chi connectivity index (χ2n) is 4.92. The highest BCUT2D eigenvalue weighted by molar-refractivity contribution is 7.11. The van der Waals surface area contributed by atoms with E-state index in [4.69, 9.17) is 5.84 Å². The molecule has 3 rings (SSSR count). The minimum Gasteiger partial charge on any atom is -0.324 e. The fourth-order valence-electron chi connectivity index (χ4n) is 2.16. The lowest BCUT2D eigenvalue weighted by Gasteiger charge is -2.04. The van der Waals surface area contributed by atoms with Gasteiger partial charge in [0.25, 0.3) is 5.91 Å². The quantitative estimate of drug-likeness (QED) is 0.438. The van der Waals surface area contributed by atoms with Gasteiger partial charge in [0.2, 0.25) is 0 Å². The van der Waals surface area contributed by atoms with E-state index in [2.05, 4.69) is 41.4 Å². The summed E-state index contributed by atoms with van der Waals surface area (Å²) in [7, 11) is 0. The van der Waals surface area contributed by atoms with E-state index in [1.54, 1.807) is 6.33 Å². The topological polar surface area (TPSA) is 85.8 Å². The molecule has 2 aromatic heterocycles. The molecular weight excluding hydrogens is 286 g/mol. The first kappa shape index (κ1) is 13.7. The highest BCUT2D eigenvalue weighted by Crippen LogP contribution is 2.20. The van der Waals surface area contributed by atoms with Crippen molar-refractivity contribution in [1.29, 1.82) is 0 Å². The average molecular weight is 301 g/mol. The lowest BCUT2D eigenvalue weighted by atomic mass is 10.1. The highest BCUT2D eigenvalue weighted by atomic mass is 32.1. The van der Waals surface area contributed by atoms with Crippen LogP contribution < -0.4 is 11.3 Å². The number of amides is 1. The third-order valence-electron chi connectivity index (χ3n) is 3.45. The molecule has 3 N–H and O–H groups in total. The molecule has 0 fully saturated rings. The number of nitrogen functional groups attached to an aromatic ring is 1. The Kier molecular flexibility index (Phi) is 3.44. The second-order valence-corrected chi connectivity index (χ2v) is 5.77. The Balaban J connectivity index is 1.93. The van der Waals surface area contributed by atoms with Gasteiger partial charge >= 0.3 is 0 Å². The van der Waals surface area contributed by atoms with Crippen LogP contribution in [0, 0.1) is 13.8 Å². The van der Waals surface area contributed by atoms with Crippen LogP contribution in [0.3, 0.4) is 0 Å². The zero-order valence-electron chi connectivity index (χ0n) is 11.8. The van der Waals surface area contributed by atoms with Crippen LogP contribution in [0.5, 0.6) is 0 Å². The smallest absolute Gasteiger partial charge is 0.294 e. The molecule has 0 bridgehead atoms. The predicted molar refractivity (Wildman–Crippen MR) is 82.1 cm³/mol. The number of hydrogen-bond acceptors (Lipinski definition) is 5. The van der Waals surface area contributed by atoms with Crippen molar-refractivity contribution in [2.45, 2.75) is 20.4 Å². The van der Waals surface area contributed by atoms with Crippen molar-refractivity contribution >= 4 is 28.3 Å². The molecule has 0 aliphatic carbocycles. The maximum atomic E-state index is 11.4. The Morgan fingerprint density at radius 1 is 1.38 bits per heavy atom. The first-order chi connectivity index (χ1) is 10.1. The number of imidazole rings is 1. The van der Waals surface area contributed by atoms with E-state index in [1.165, 1.54) is 22.5 Å². The summed E-state index contributed by atoms with van der Waals surface area (Å²) in [5, 5.41) is 2.22. The van der Waals surface area contributed by atoms with Crippen molar-refractivity contribution in [3.63, 3.8) is 0 Å². The monoisotopic (exact) mass is 301 g/mol. The van der Waals surface area contributed by atoms with Gasteiger partial charge in [0.05, 0.1) is 29.6 Å². The molecule has 0 saturated heterocycles. The van der Waals surface area contributed by atoms with Gasteiger partial charge in [0.15, 0.2) is 5.01 Å². The van der Waals surface area contributed by atoms with Crippen LogP contribution >= 0.6 is 11.3 Å². The van der Waals surface area contributed by atoms with Crippen molar-refractivity contribution in [1.82, 2.24) is 20.0 Å². The Hall–Kier alpha value is -2.25. The zero-order valence-corrected chi connectivity index (χ0v) is 12.6. The number of nitrogens with two attached hydrogens (primary N) is 1. The first-order valence-electron chi connectivity index (χ1n) is 6.46. The summed E-state index contributed by atoms with van der Waals surface area (Å²) in [6.45, 7) is 4.73. The standard InChI is InChI=1S/C14H15N5OS/c1-8-3-11-12(4-9(8)2)19(7-16-11)5-10-6-21-14(17-10)13(20)18-15/h3-4,6-7H,5,15H2,1-2H3,(H,18,20). The molecule has 6 nitrogen and oxygen atoms in total. The van der Waals surface area contributed by atoms with Crippen molar-refractivity contribution in [3.05, 3.63) is 45.7 Å². The molecule has 2 heterocycles. The number of hydrogen-bond donors (Lipinski definition) is 2. The van der Waals surface area contributed by atoms with Gasteiger partial charge in [0.1, 0.15) is 0 Å². The number of nitrogens with zero attached hydrogens (tertiary/aromatic N) is 3. The van der Waals surface area contributed by atoms with Crippen molar-refractivity contribution in [2.24, 2.45) is 5.84 Å². The third-order valence-corrected chi connectivity index (χ3v) is 4.34. The molecule has 0 unspecified atom stereocenters. The molecule has 3 aromatic rings. The Bertz CT molecular complexity index is 820. The van der Waals surface area contributed by atoms with Crippen LogP contribution in [0.1, 0.15) is 26.6 Å². The molecule has 7 heteroatoms. The van der Waals surface area contributed by atoms with Crippen LogP contribution in [0.4, 0.5) is 0 Å². The number of fused-ring (bicyclic) bond motifs is 1. The van der Waals surface area contributed by atoms with Gasteiger partial charge in [-0.05, 0) is 37.1 Å². The Labute approximate surface area is 125 Å². The van der Waals surface area contributed by atoms with Crippen LogP contribution in [0.2, 0.25) is 0 Å². The van der Waals surface area contributed by atoms with Gasteiger partial charge in [-0.2, -0.15) is 0 Å². The molecule has 0 spiro atoms. The van der Waals surface area contributed by atoms with Crippen LogP contribution in [0.15, 0.2) is 23.8 Å². The van der Waals surface area contributed by atoms with Gasteiger partial charge in [-0.3, -0.25) is 10.2 Å². The average Bonchev–Trinajstić information content (AvgIpc) is 3.08. The Morgan fingerprint density at radius 2 is 2.14 bits per heavy atom. The fraction of sp³-hybridized carbons (Fsp3) is 0.214. The summed E-state index contributed by atoms with van der Waals surface area (Å²) in [5.41, 5.74) is 7.39. The molecule has 0 saturated carbocycles. The minimum atomic E-state index is -0.367. The summed E-state index contributed by atoms with van der Waals surface area (Å²) in [6.07, 6.45) is 1.80. The van der Waals surface area contributed by atoms with Gasteiger partial charge in [-0.15, -0.1) is 11.3 Å². The molecule has 0 atom stereocenters. The summed E-state index contributed by atoms with van der Waals surface area (Å²) < 4.78 is 2.03. The minimum absolute atomic E-state index is 0.365. The van der Waals surface area contributed by atoms with Crippen LogP contribution in [-0.4, -0.2) is 20.4 Å². The van der Waals surface area contributed by atoms with E-state index in [-0.39, 0.29) is 5.91 Å². The fourth-order valence-corrected chi connectivity index (χ4v) is 2.87. The molecule has 108 valence electrons. The van der Waals surface area contributed by atoms with Gasteiger partial charge < -0.3 is 4.57 Å². The number of rotatable bonds is 3. The van der Waals surface area contributed by atoms with Gasteiger partial charge in [-0.25, -0.2) is 15.8 Å². The maximum Gasteiger partial charge on any atom is 0.294 e. The molecule has 0 aliphatic heterocycles. The predicted octanol–water partition coefficient (Wildman–Crippen LogP) is 1.76. The molecule has 0 radical (unpaired) electrons. The number of benzene rings is 1. The first-order valence-corrected chi connectivity index (χ1v) is 7.34. The summed E-state index contributed by atoms with van der Waals surface area (Å²) in [5.74, 6) is 4.74. The number of nitrogens with one attached hydrogen (secondary N) is 1. The number of carbonyl (C=O) groups is 1. The number of carbonyl (C=O) groups excluding carboxylic acids is 1. The zero-order chi connectivity index (χ0) is 15.0. The van der Waals surface area contributed by atoms with E-state index in [1.807, 2.05) is 9.95 Å². The summed E-state index contributed by atoms with van der Waals surface area (Å²) in [6, 6.07) is 4.20. The highest BCUT2D eigenvalue weighted by Gasteiger charge is 2.11. The van der Waals surface area contributed by atoms with E-state index in [0.29, 0.717) is 11.6 Å². The van der Waals surface area contributed by atoms with E-state index >= 15 is 0 Å². The Morgan fingerprint density at radius 3 is 2.90 bits per heavy atom. The molecular formula is C14H15N5OS. The number of hydrazine groups is 1. The van der Waals surface area contributed by atoms with Crippen molar-refractivity contribution in [2.75, 3.05) is 0 Å². The van der Waals surface area contributed by atoms with Crippen LogP contribution in [0.25, 0.3) is 11.0 Å². The number of thiazole rings is 1. The van der Waals surface area contributed by atoms with Crippen molar-refractivity contribution in [3.8, 4) is 0 Å². The second kappa shape index (κ2) is 5.27. The van der Waals surface area contributed by atoms with E-state index < -0.39 is 0 Å². The lowest BCUT2D eigenvalue weighted by molar-refractivity contribution is 0.0953. The van der Waals surface area contributed by atoms with Crippen LogP contribution in [-0.2, 0) is 6.54 Å². The molecule has 21 heavy (non-hydrogen) atoms. The number of aryl methyl sites for hydroxylation is 2. The molecule has 0 aliphatic rings. The van der Waals surface area contributed by atoms with Crippen molar-refractivity contribution < 1.29 is 4.79 Å². The molecule has 1 aromatic carbocycles. The largest absolute Gasteiger partial charge is 0.324 e. The third kappa shape index (κ3) is 2.53. The SMILES string of the molecule is Cc1cc2ncn(Cc3csc(C(=O)NN)n3)c2cc1C. The summed E-state index contributed by atoms with van der Waals surface area (Å²) in [4.78, 5) is 20.1. The van der Waals surface area contributed by atoms with Gasteiger partial charge in [0, 0.05) is 5.38 Å². The number of aromatic nitrogens is 3. The van der Waals surface area contributed by atoms with E-state index in [9.17, 15) is 4.79 Å².